The molecule has 0 spiro atoms. The van der Waals surface area contributed by atoms with Gasteiger partial charge in [0.1, 0.15) is 23.4 Å². The Labute approximate surface area is 343 Å². The summed E-state index contributed by atoms with van der Waals surface area (Å²) < 4.78 is 17.0. The number of methoxy groups -OCH3 is 1. The van der Waals surface area contributed by atoms with E-state index in [2.05, 4.69) is 25.6 Å². The summed E-state index contributed by atoms with van der Waals surface area (Å²) >= 11 is 0. The van der Waals surface area contributed by atoms with Gasteiger partial charge in [0.05, 0.1) is 31.5 Å². The molecule has 4 aromatic rings. The standard InChI is InChI=1S/C42H41N7O11/c1-3-33(51)44-32(49-37(55)16-17-38(49)56)19-23-60-31-7-4-6-29(39(31)57)42-46-40(25-8-10-26(58-2)11-9-25)45-41(47-42)28-13-12-27(24-30(28)50)59-22-5-20-43-34(52)18-21-48-35(53)14-15-36(48)54/h4,6-17,24,32,50,57H,3,5,18-23H2,1-2H3,(H,43,52)(H,44,51). The maximum atomic E-state index is 12.4. The number of hydrogen-bond donors (Lipinski definition) is 4. The Balaban J connectivity index is 1.16. The van der Waals surface area contributed by atoms with E-state index in [0.717, 1.165) is 34.1 Å². The van der Waals surface area contributed by atoms with Gasteiger partial charge in [-0.1, -0.05) is 13.0 Å². The molecule has 0 fully saturated rings. The third-order valence-electron chi connectivity index (χ3n) is 9.26. The first-order chi connectivity index (χ1) is 28.9. The maximum absolute atomic E-state index is 12.4. The van der Waals surface area contributed by atoms with E-state index in [4.69, 9.17) is 14.2 Å². The monoisotopic (exact) mass is 819 g/mol. The van der Waals surface area contributed by atoms with Crippen LogP contribution in [0.4, 0.5) is 0 Å². The number of imide groups is 2. The molecule has 6 amide bonds. The highest BCUT2D eigenvalue weighted by Crippen LogP contribution is 2.38. The van der Waals surface area contributed by atoms with Crippen molar-refractivity contribution in [3.63, 3.8) is 0 Å². The first-order valence-electron chi connectivity index (χ1n) is 18.9. The Hall–Kier alpha value is -7.63. The smallest absolute Gasteiger partial charge is 0.255 e. The zero-order chi connectivity index (χ0) is 42.8. The number of para-hydroxylation sites is 1. The second-order valence-corrected chi connectivity index (χ2v) is 13.3. The Kier molecular flexibility index (Phi) is 13.4. The average Bonchev–Trinajstić information content (AvgIpc) is 3.76. The number of benzene rings is 3. The van der Waals surface area contributed by atoms with E-state index in [9.17, 15) is 39.0 Å². The fraction of sp³-hybridized carbons (Fsp3) is 0.262. The van der Waals surface area contributed by atoms with Crippen molar-refractivity contribution in [1.29, 1.82) is 0 Å². The number of nitrogens with one attached hydrogen (secondary N) is 2. The summed E-state index contributed by atoms with van der Waals surface area (Å²) in [4.78, 5) is 88.3. The van der Waals surface area contributed by atoms with Crippen LogP contribution in [0.25, 0.3) is 34.2 Å². The summed E-state index contributed by atoms with van der Waals surface area (Å²) in [6, 6.07) is 16.2. The normalized spacial score (nSPS) is 13.8. The molecule has 0 bridgehead atoms. The first kappa shape index (κ1) is 42.0. The third-order valence-corrected chi connectivity index (χ3v) is 9.26. The molecule has 18 nitrogen and oxygen atoms in total. The molecule has 1 atom stereocenters. The molecule has 310 valence electrons. The van der Waals surface area contributed by atoms with Gasteiger partial charge in [-0.2, -0.15) is 0 Å². The largest absolute Gasteiger partial charge is 0.507 e. The fourth-order valence-corrected chi connectivity index (χ4v) is 6.09. The minimum atomic E-state index is -0.981. The van der Waals surface area contributed by atoms with Crippen LogP contribution in [0.5, 0.6) is 28.7 Å². The van der Waals surface area contributed by atoms with Gasteiger partial charge in [-0.05, 0) is 55.0 Å². The van der Waals surface area contributed by atoms with E-state index in [1.807, 2.05) is 0 Å². The number of amides is 6. The van der Waals surface area contributed by atoms with Crippen molar-refractivity contribution in [1.82, 2.24) is 35.4 Å². The number of carbonyl (C=O) groups excluding carboxylic acids is 6. The summed E-state index contributed by atoms with van der Waals surface area (Å²) in [5, 5.41) is 28.0. The zero-order valence-electron chi connectivity index (χ0n) is 32.6. The predicted octanol–water partition coefficient (Wildman–Crippen LogP) is 3.04. The van der Waals surface area contributed by atoms with E-state index in [0.29, 0.717) is 23.5 Å². The second kappa shape index (κ2) is 19.2. The molecule has 1 aromatic heterocycles. The van der Waals surface area contributed by atoms with E-state index >= 15 is 0 Å². The number of phenols is 2. The zero-order valence-corrected chi connectivity index (χ0v) is 32.6. The van der Waals surface area contributed by atoms with Gasteiger partial charge in [0.25, 0.3) is 23.6 Å². The molecule has 0 saturated carbocycles. The summed E-state index contributed by atoms with van der Waals surface area (Å²) in [5.41, 5.74) is 0.970. The number of aromatic nitrogens is 3. The Morgan fingerprint density at radius 3 is 2.07 bits per heavy atom. The first-order valence-corrected chi connectivity index (χ1v) is 18.9. The molecule has 0 radical (unpaired) electrons. The lowest BCUT2D eigenvalue weighted by atomic mass is 10.1. The van der Waals surface area contributed by atoms with Crippen molar-refractivity contribution in [3.8, 4) is 62.9 Å². The van der Waals surface area contributed by atoms with Crippen LogP contribution in [0.15, 0.2) is 85.0 Å². The van der Waals surface area contributed by atoms with Crippen LogP contribution in [0, 0.1) is 0 Å². The van der Waals surface area contributed by atoms with Crippen molar-refractivity contribution in [2.75, 3.05) is 33.4 Å². The fourth-order valence-electron chi connectivity index (χ4n) is 6.09. The van der Waals surface area contributed by atoms with E-state index in [1.165, 1.54) is 19.2 Å². The molecule has 18 heteroatoms. The maximum Gasteiger partial charge on any atom is 0.255 e. The summed E-state index contributed by atoms with van der Waals surface area (Å²) in [7, 11) is 1.54. The number of hydrogen-bond acceptors (Lipinski definition) is 14. The highest BCUT2D eigenvalue weighted by Gasteiger charge is 2.32. The van der Waals surface area contributed by atoms with Gasteiger partial charge >= 0.3 is 0 Å². The third kappa shape index (κ3) is 10.1. The SMILES string of the molecule is CCC(=O)NC(CCOc1cccc(-c2nc(-c3ccc(OC)cc3)nc(-c3ccc(OCCCNC(=O)CCN4C(=O)C=CC4=O)cc3O)n2)c1O)N1C(=O)C=CC1=O. The minimum absolute atomic E-state index is 0.0134. The van der Waals surface area contributed by atoms with Crippen molar-refractivity contribution in [2.24, 2.45) is 0 Å². The number of aromatic hydroxyl groups is 2. The molecular weight excluding hydrogens is 778 g/mol. The summed E-state index contributed by atoms with van der Waals surface area (Å²) in [6.07, 6.45) is 4.14. The van der Waals surface area contributed by atoms with Crippen LogP contribution in [0.1, 0.15) is 32.6 Å². The van der Waals surface area contributed by atoms with Gasteiger partial charge in [0.2, 0.25) is 11.8 Å². The molecule has 2 aliphatic heterocycles. The van der Waals surface area contributed by atoms with Gasteiger partial charge in [0.15, 0.2) is 29.0 Å². The van der Waals surface area contributed by atoms with E-state index in [-0.39, 0.29) is 103 Å². The highest BCUT2D eigenvalue weighted by atomic mass is 16.5. The Bertz CT molecular complexity index is 2330. The van der Waals surface area contributed by atoms with Crippen molar-refractivity contribution in [3.05, 3.63) is 85.0 Å². The Morgan fingerprint density at radius 1 is 0.750 bits per heavy atom. The van der Waals surface area contributed by atoms with Gasteiger partial charge in [-0.25, -0.2) is 15.0 Å². The Morgan fingerprint density at radius 2 is 1.40 bits per heavy atom. The van der Waals surface area contributed by atoms with Crippen molar-refractivity contribution < 1.29 is 53.2 Å². The van der Waals surface area contributed by atoms with Crippen LogP contribution in [0.3, 0.4) is 0 Å². The molecule has 0 saturated heterocycles. The highest BCUT2D eigenvalue weighted by molar-refractivity contribution is 6.13. The summed E-state index contributed by atoms with van der Waals surface area (Å²) in [5.74, 6) is -1.97. The van der Waals surface area contributed by atoms with Gasteiger partial charge < -0.3 is 35.1 Å². The number of carbonyl (C=O) groups is 6. The molecule has 2 aliphatic rings. The number of phenolic OH excluding ortho intramolecular Hbond substituents is 2. The van der Waals surface area contributed by atoms with Crippen LogP contribution < -0.4 is 24.8 Å². The van der Waals surface area contributed by atoms with Gasteiger partial charge in [-0.3, -0.25) is 38.6 Å². The molecule has 6 rings (SSSR count). The lowest BCUT2D eigenvalue weighted by Crippen LogP contribution is -2.51. The van der Waals surface area contributed by atoms with Crippen molar-refractivity contribution in [2.45, 2.75) is 38.8 Å². The summed E-state index contributed by atoms with van der Waals surface area (Å²) in [6.45, 7) is 1.99. The molecule has 60 heavy (non-hydrogen) atoms. The van der Waals surface area contributed by atoms with Crippen molar-refractivity contribution >= 4 is 35.4 Å². The van der Waals surface area contributed by atoms with Gasteiger partial charge in [-0.15, -0.1) is 0 Å². The molecule has 1 unspecified atom stereocenters. The predicted molar refractivity (Wildman–Crippen MR) is 213 cm³/mol. The lowest BCUT2D eigenvalue weighted by molar-refractivity contribution is -0.142. The van der Waals surface area contributed by atoms with Crippen LogP contribution in [-0.4, -0.2) is 110 Å². The van der Waals surface area contributed by atoms with Crippen LogP contribution in [-0.2, 0) is 28.8 Å². The van der Waals surface area contributed by atoms with Crippen LogP contribution in [0.2, 0.25) is 0 Å². The molecule has 3 aromatic carbocycles. The van der Waals surface area contributed by atoms with Crippen LogP contribution >= 0.6 is 0 Å². The topological polar surface area (TPSA) is 240 Å². The molecule has 3 heterocycles. The molecular formula is C42H41N7O11. The number of rotatable bonds is 19. The lowest BCUT2D eigenvalue weighted by Gasteiger charge is -2.27. The number of ether oxygens (including phenoxy) is 3. The molecule has 4 N–H and O–H groups in total. The number of nitrogens with zero attached hydrogens (tertiary/aromatic N) is 5. The van der Waals surface area contributed by atoms with E-state index < -0.39 is 29.8 Å². The second-order valence-electron chi connectivity index (χ2n) is 13.3. The van der Waals surface area contributed by atoms with Gasteiger partial charge in [0, 0.05) is 68.3 Å². The molecule has 0 aliphatic carbocycles. The quantitative estimate of drug-likeness (QED) is 0.0786. The average molecular weight is 820 g/mol. The minimum Gasteiger partial charge on any atom is -0.507 e. The van der Waals surface area contributed by atoms with E-state index in [1.54, 1.807) is 55.5 Å².